The van der Waals surface area contributed by atoms with Gasteiger partial charge in [-0.15, -0.1) is 0 Å². The molecule has 7 heteroatoms. The number of aromatic nitrogens is 2. The van der Waals surface area contributed by atoms with E-state index in [2.05, 4.69) is 4.98 Å². The van der Waals surface area contributed by atoms with Crippen molar-refractivity contribution in [2.45, 2.75) is 5.16 Å². The molecule has 0 unspecified atom stereocenters. The van der Waals surface area contributed by atoms with Gasteiger partial charge in [0.2, 0.25) is 0 Å². The molecule has 1 rings (SSSR count). The van der Waals surface area contributed by atoms with Crippen LogP contribution < -0.4 is 5.56 Å². The van der Waals surface area contributed by atoms with E-state index in [9.17, 15) is 14.9 Å². The fraction of sp³-hybridized carbons (Fsp3) is 0.333. The monoisotopic (exact) mass is 201 g/mol. The van der Waals surface area contributed by atoms with Crippen molar-refractivity contribution in [1.29, 1.82) is 0 Å². The predicted octanol–water partition coefficient (Wildman–Crippen LogP) is 0.410. The van der Waals surface area contributed by atoms with Gasteiger partial charge in [0.05, 0.1) is 4.92 Å². The molecule has 0 saturated heterocycles. The first-order valence-electron chi connectivity index (χ1n) is 3.32. The van der Waals surface area contributed by atoms with Crippen LogP contribution in [0.1, 0.15) is 0 Å². The SMILES string of the molecule is CSc1ncc([N+](=O)[O-])c(=O)n1C. The van der Waals surface area contributed by atoms with Crippen LogP contribution in [0, 0.1) is 10.1 Å². The van der Waals surface area contributed by atoms with E-state index >= 15 is 0 Å². The summed E-state index contributed by atoms with van der Waals surface area (Å²) in [4.78, 5) is 24.6. The molecule has 0 spiro atoms. The van der Waals surface area contributed by atoms with Crippen LogP contribution in [0.3, 0.4) is 0 Å². The second-order valence-electron chi connectivity index (χ2n) is 2.25. The summed E-state index contributed by atoms with van der Waals surface area (Å²) in [6, 6.07) is 0. The molecule has 0 saturated carbocycles. The van der Waals surface area contributed by atoms with Gasteiger partial charge in [-0.05, 0) is 6.26 Å². The second-order valence-corrected chi connectivity index (χ2v) is 3.02. The summed E-state index contributed by atoms with van der Waals surface area (Å²) in [5.41, 5.74) is -1.13. The average Bonchev–Trinajstić information content (AvgIpc) is 2.09. The maximum Gasteiger partial charge on any atom is 0.352 e. The normalized spacial score (nSPS) is 10.0. The molecule has 0 fully saturated rings. The molecule has 0 atom stereocenters. The van der Waals surface area contributed by atoms with E-state index in [4.69, 9.17) is 0 Å². The van der Waals surface area contributed by atoms with E-state index in [1.165, 1.54) is 18.8 Å². The Morgan fingerprint density at radius 3 is 2.77 bits per heavy atom. The van der Waals surface area contributed by atoms with Crippen LogP contribution >= 0.6 is 11.8 Å². The van der Waals surface area contributed by atoms with E-state index in [1.807, 2.05) is 0 Å². The van der Waals surface area contributed by atoms with Crippen LogP contribution in [0.2, 0.25) is 0 Å². The molecule has 0 N–H and O–H groups in total. The van der Waals surface area contributed by atoms with Gasteiger partial charge in [-0.1, -0.05) is 11.8 Å². The second kappa shape index (κ2) is 3.56. The Kier molecular flexibility index (Phi) is 2.66. The van der Waals surface area contributed by atoms with Gasteiger partial charge in [-0.25, -0.2) is 4.98 Å². The molecular formula is C6H7N3O3S. The largest absolute Gasteiger partial charge is 0.352 e. The minimum atomic E-state index is -0.737. The van der Waals surface area contributed by atoms with E-state index in [0.29, 0.717) is 5.16 Å². The lowest BCUT2D eigenvalue weighted by molar-refractivity contribution is -0.386. The summed E-state index contributed by atoms with van der Waals surface area (Å²) in [5, 5.41) is 10.8. The topological polar surface area (TPSA) is 78.0 Å². The molecule has 0 aliphatic rings. The third kappa shape index (κ3) is 1.69. The van der Waals surface area contributed by atoms with Crippen molar-refractivity contribution in [3.05, 3.63) is 26.7 Å². The Balaban J connectivity index is 3.40. The minimum absolute atomic E-state index is 0.454. The third-order valence-electron chi connectivity index (χ3n) is 1.49. The first-order valence-corrected chi connectivity index (χ1v) is 4.54. The number of nitrogens with zero attached hydrogens (tertiary/aromatic N) is 3. The van der Waals surface area contributed by atoms with Crippen LogP contribution in [-0.2, 0) is 7.05 Å². The van der Waals surface area contributed by atoms with Crippen LogP contribution in [0.5, 0.6) is 0 Å². The van der Waals surface area contributed by atoms with Gasteiger partial charge in [-0.2, -0.15) is 0 Å². The van der Waals surface area contributed by atoms with Crippen molar-refractivity contribution in [3.8, 4) is 0 Å². The molecule has 0 bridgehead atoms. The molecule has 13 heavy (non-hydrogen) atoms. The molecule has 0 aliphatic heterocycles. The van der Waals surface area contributed by atoms with Crippen molar-refractivity contribution in [3.63, 3.8) is 0 Å². The quantitative estimate of drug-likeness (QED) is 0.300. The van der Waals surface area contributed by atoms with Crippen LogP contribution in [-0.4, -0.2) is 20.7 Å². The van der Waals surface area contributed by atoms with E-state index in [0.717, 1.165) is 10.8 Å². The summed E-state index contributed by atoms with van der Waals surface area (Å²) in [7, 11) is 1.45. The van der Waals surface area contributed by atoms with Gasteiger partial charge in [0.15, 0.2) is 5.16 Å². The zero-order valence-electron chi connectivity index (χ0n) is 7.05. The molecular weight excluding hydrogens is 194 g/mol. The van der Waals surface area contributed by atoms with Crippen molar-refractivity contribution in [2.75, 3.05) is 6.26 Å². The van der Waals surface area contributed by atoms with Gasteiger partial charge in [0, 0.05) is 7.05 Å². The Hall–Kier alpha value is -1.37. The maximum absolute atomic E-state index is 11.3. The van der Waals surface area contributed by atoms with E-state index < -0.39 is 16.2 Å². The van der Waals surface area contributed by atoms with Gasteiger partial charge >= 0.3 is 11.2 Å². The number of nitro groups is 1. The molecule has 0 aromatic carbocycles. The fourth-order valence-corrected chi connectivity index (χ4v) is 1.35. The first kappa shape index (κ1) is 9.72. The molecule has 70 valence electrons. The van der Waals surface area contributed by atoms with Crippen LogP contribution in [0.25, 0.3) is 0 Å². The fourth-order valence-electron chi connectivity index (χ4n) is 0.832. The van der Waals surface area contributed by atoms with E-state index in [1.54, 1.807) is 6.26 Å². The van der Waals surface area contributed by atoms with Gasteiger partial charge in [-0.3, -0.25) is 19.5 Å². The lowest BCUT2D eigenvalue weighted by atomic mass is 10.5. The van der Waals surface area contributed by atoms with Crippen molar-refractivity contribution in [2.24, 2.45) is 7.05 Å². The average molecular weight is 201 g/mol. The van der Waals surface area contributed by atoms with Crippen LogP contribution in [0.4, 0.5) is 5.69 Å². The number of hydrogen-bond acceptors (Lipinski definition) is 5. The highest BCUT2D eigenvalue weighted by Gasteiger charge is 2.15. The Bertz CT molecular complexity index is 401. The molecule has 6 nitrogen and oxygen atoms in total. The summed E-state index contributed by atoms with van der Waals surface area (Å²) in [5.74, 6) is 0. The van der Waals surface area contributed by atoms with Crippen molar-refractivity contribution >= 4 is 17.4 Å². The molecule has 1 aromatic rings. The lowest BCUT2D eigenvalue weighted by Crippen LogP contribution is -2.22. The van der Waals surface area contributed by atoms with Gasteiger partial charge in [0.1, 0.15) is 6.20 Å². The first-order chi connectivity index (χ1) is 6.07. The standard InChI is InChI=1S/C6H7N3O3S/c1-8-5(10)4(9(11)12)3-7-6(8)13-2/h3H,1-2H3. The zero-order chi connectivity index (χ0) is 10.0. The highest BCUT2D eigenvalue weighted by atomic mass is 32.2. The summed E-state index contributed by atoms with van der Waals surface area (Å²) >= 11 is 1.26. The number of rotatable bonds is 2. The summed E-state index contributed by atoms with van der Waals surface area (Å²) < 4.78 is 1.16. The van der Waals surface area contributed by atoms with Gasteiger partial charge in [0.25, 0.3) is 0 Å². The highest BCUT2D eigenvalue weighted by molar-refractivity contribution is 7.98. The molecule has 0 amide bonds. The predicted molar refractivity (Wildman–Crippen MR) is 47.9 cm³/mol. The minimum Gasteiger partial charge on any atom is -0.285 e. The van der Waals surface area contributed by atoms with Gasteiger partial charge < -0.3 is 0 Å². The summed E-state index contributed by atoms with van der Waals surface area (Å²) in [6.45, 7) is 0. The van der Waals surface area contributed by atoms with Crippen molar-refractivity contribution in [1.82, 2.24) is 9.55 Å². The zero-order valence-corrected chi connectivity index (χ0v) is 7.87. The molecule has 1 heterocycles. The molecule has 0 radical (unpaired) electrons. The smallest absolute Gasteiger partial charge is 0.285 e. The molecule has 0 aliphatic carbocycles. The number of hydrogen-bond donors (Lipinski definition) is 0. The lowest BCUT2D eigenvalue weighted by Gasteiger charge is -2.01. The Morgan fingerprint density at radius 1 is 1.69 bits per heavy atom. The number of thioether (sulfide) groups is 1. The Morgan fingerprint density at radius 2 is 2.31 bits per heavy atom. The summed E-state index contributed by atoms with van der Waals surface area (Å²) in [6.07, 6.45) is 2.72. The van der Waals surface area contributed by atoms with Crippen LogP contribution in [0.15, 0.2) is 16.1 Å². The molecule has 1 aromatic heterocycles. The third-order valence-corrected chi connectivity index (χ3v) is 2.23. The van der Waals surface area contributed by atoms with E-state index in [-0.39, 0.29) is 0 Å². The maximum atomic E-state index is 11.3. The van der Waals surface area contributed by atoms with Crippen molar-refractivity contribution < 1.29 is 4.92 Å². The highest BCUT2D eigenvalue weighted by Crippen LogP contribution is 2.10. The Labute approximate surface area is 77.7 Å².